The molecule has 24 heavy (non-hydrogen) atoms. The molecule has 1 heterocycles. The summed E-state index contributed by atoms with van der Waals surface area (Å²) in [7, 11) is 7.12. The Morgan fingerprint density at radius 2 is 2.04 bits per heavy atom. The number of rotatable bonds is 7. The number of carbonyl (C=O) groups is 1. The van der Waals surface area contributed by atoms with Gasteiger partial charge in [0.2, 0.25) is 0 Å². The number of hydrogen-bond acceptors (Lipinski definition) is 5. The van der Waals surface area contributed by atoms with Crippen LogP contribution in [0.3, 0.4) is 0 Å². The Morgan fingerprint density at radius 3 is 2.62 bits per heavy atom. The Balaban J connectivity index is 2.00. The van der Waals surface area contributed by atoms with Crippen molar-refractivity contribution in [3.8, 4) is 11.5 Å². The molecule has 2 N–H and O–H groups in total. The molecule has 0 radical (unpaired) electrons. The Bertz CT molecular complexity index is 659. The van der Waals surface area contributed by atoms with Gasteiger partial charge in [-0.25, -0.2) is 4.79 Å². The van der Waals surface area contributed by atoms with Gasteiger partial charge in [-0.15, -0.1) is 0 Å². The number of likely N-dealkylation sites (N-methyl/N-ethyl adjacent to an activating group) is 1. The van der Waals surface area contributed by atoms with Crippen LogP contribution in [0.2, 0.25) is 0 Å². The fourth-order valence-corrected chi connectivity index (χ4v) is 3.04. The fourth-order valence-electron chi connectivity index (χ4n) is 2.33. The first-order valence-electron chi connectivity index (χ1n) is 7.50. The van der Waals surface area contributed by atoms with E-state index >= 15 is 0 Å². The molecule has 1 aromatic carbocycles. The predicted molar refractivity (Wildman–Crippen MR) is 97.3 cm³/mol. The largest absolute Gasteiger partial charge is 0.497 e. The van der Waals surface area contributed by atoms with E-state index in [2.05, 4.69) is 27.0 Å². The van der Waals surface area contributed by atoms with Crippen LogP contribution >= 0.6 is 11.3 Å². The minimum atomic E-state index is -0.288. The number of hydrogen-bond donors (Lipinski definition) is 2. The van der Waals surface area contributed by atoms with Crippen LogP contribution in [0.4, 0.5) is 10.5 Å². The zero-order valence-electron chi connectivity index (χ0n) is 14.3. The number of nitrogens with zero attached hydrogens (tertiary/aromatic N) is 1. The van der Waals surface area contributed by atoms with Crippen LogP contribution in [-0.2, 0) is 0 Å². The molecule has 0 aliphatic rings. The number of thiophene rings is 1. The van der Waals surface area contributed by atoms with Gasteiger partial charge in [0.25, 0.3) is 0 Å². The van der Waals surface area contributed by atoms with Crippen molar-refractivity contribution in [2.45, 2.75) is 6.04 Å². The van der Waals surface area contributed by atoms with E-state index in [-0.39, 0.29) is 12.1 Å². The summed E-state index contributed by atoms with van der Waals surface area (Å²) in [6.45, 7) is 0.502. The van der Waals surface area contributed by atoms with Gasteiger partial charge in [0, 0.05) is 12.6 Å². The zero-order valence-corrected chi connectivity index (χ0v) is 15.1. The lowest BCUT2D eigenvalue weighted by molar-refractivity contribution is 0.243. The highest BCUT2D eigenvalue weighted by molar-refractivity contribution is 7.07. The molecule has 6 nitrogen and oxygen atoms in total. The summed E-state index contributed by atoms with van der Waals surface area (Å²) in [5.41, 5.74) is 1.75. The lowest BCUT2D eigenvalue weighted by Gasteiger charge is -2.24. The summed E-state index contributed by atoms with van der Waals surface area (Å²) in [4.78, 5) is 14.3. The quantitative estimate of drug-likeness (QED) is 0.806. The standard InChI is InChI=1S/C17H23N3O3S/c1-20(2)15(12-7-8-24-11-12)10-18-17(21)19-14-9-13(22-3)5-6-16(14)23-4/h5-9,11,15H,10H2,1-4H3,(H2,18,19,21). The van der Waals surface area contributed by atoms with E-state index in [4.69, 9.17) is 9.47 Å². The van der Waals surface area contributed by atoms with E-state index in [1.807, 2.05) is 19.5 Å². The molecule has 7 heteroatoms. The first-order valence-corrected chi connectivity index (χ1v) is 8.44. The minimum Gasteiger partial charge on any atom is -0.497 e. The molecule has 1 aromatic heterocycles. The number of ether oxygens (including phenoxy) is 2. The highest BCUT2D eigenvalue weighted by Gasteiger charge is 2.16. The third-order valence-corrected chi connectivity index (χ3v) is 4.36. The first kappa shape index (κ1) is 18.1. The molecule has 0 spiro atoms. The van der Waals surface area contributed by atoms with Crippen LogP contribution in [0, 0.1) is 0 Å². The average molecular weight is 349 g/mol. The molecule has 2 amide bonds. The van der Waals surface area contributed by atoms with Gasteiger partial charge >= 0.3 is 6.03 Å². The lowest BCUT2D eigenvalue weighted by Crippen LogP contribution is -2.36. The molecular formula is C17H23N3O3S. The fraction of sp³-hybridized carbons (Fsp3) is 0.353. The van der Waals surface area contributed by atoms with Crippen LogP contribution in [0.5, 0.6) is 11.5 Å². The summed E-state index contributed by atoms with van der Waals surface area (Å²) >= 11 is 1.65. The third kappa shape index (κ3) is 4.62. The van der Waals surface area contributed by atoms with Crippen LogP contribution in [-0.4, -0.2) is 45.8 Å². The first-order chi connectivity index (χ1) is 11.5. The van der Waals surface area contributed by atoms with Crippen molar-refractivity contribution in [3.63, 3.8) is 0 Å². The lowest BCUT2D eigenvalue weighted by atomic mass is 10.1. The maximum atomic E-state index is 12.2. The summed E-state index contributed by atoms with van der Waals surface area (Å²) < 4.78 is 10.4. The second-order valence-electron chi connectivity index (χ2n) is 5.44. The van der Waals surface area contributed by atoms with Gasteiger partial charge in [0.05, 0.1) is 25.9 Å². The highest BCUT2D eigenvalue weighted by Crippen LogP contribution is 2.28. The summed E-state index contributed by atoms with van der Waals surface area (Å²) in [6, 6.07) is 7.15. The molecule has 2 rings (SSSR count). The third-order valence-electron chi connectivity index (χ3n) is 3.66. The van der Waals surface area contributed by atoms with Gasteiger partial charge in [-0.2, -0.15) is 11.3 Å². The molecule has 0 aliphatic carbocycles. The Kier molecular flexibility index (Phi) is 6.45. The van der Waals surface area contributed by atoms with Crippen molar-refractivity contribution in [2.24, 2.45) is 0 Å². The van der Waals surface area contributed by atoms with Gasteiger partial charge in [-0.05, 0) is 48.6 Å². The zero-order chi connectivity index (χ0) is 17.5. The summed E-state index contributed by atoms with van der Waals surface area (Å²) in [5, 5.41) is 9.84. The highest BCUT2D eigenvalue weighted by atomic mass is 32.1. The number of amides is 2. The van der Waals surface area contributed by atoms with Gasteiger partial charge in [-0.3, -0.25) is 0 Å². The molecule has 1 unspecified atom stereocenters. The van der Waals surface area contributed by atoms with Crippen molar-refractivity contribution < 1.29 is 14.3 Å². The molecule has 0 fully saturated rings. The molecule has 1 atom stereocenters. The van der Waals surface area contributed by atoms with Crippen LogP contribution in [0.25, 0.3) is 0 Å². The van der Waals surface area contributed by atoms with Gasteiger partial charge < -0.3 is 25.0 Å². The predicted octanol–water partition coefficient (Wildman–Crippen LogP) is 3.19. The van der Waals surface area contributed by atoms with E-state index in [1.165, 1.54) is 5.56 Å². The van der Waals surface area contributed by atoms with Crippen molar-refractivity contribution >= 4 is 23.1 Å². The second-order valence-corrected chi connectivity index (χ2v) is 6.22. The van der Waals surface area contributed by atoms with Gasteiger partial charge in [0.15, 0.2) is 0 Å². The average Bonchev–Trinajstić information content (AvgIpc) is 3.08. The van der Waals surface area contributed by atoms with Crippen LogP contribution < -0.4 is 20.1 Å². The normalized spacial score (nSPS) is 11.9. The molecule has 130 valence electrons. The number of carbonyl (C=O) groups excluding carboxylic acids is 1. The second kappa shape index (κ2) is 8.56. The Labute approximate surface area is 146 Å². The maximum Gasteiger partial charge on any atom is 0.319 e. The number of urea groups is 1. The summed E-state index contributed by atoms with van der Waals surface area (Å²) in [5.74, 6) is 1.23. The molecule has 2 aromatic rings. The molecule has 0 saturated carbocycles. The van der Waals surface area contributed by atoms with E-state index in [0.29, 0.717) is 23.7 Å². The Hall–Kier alpha value is -2.25. The van der Waals surface area contributed by atoms with Crippen LogP contribution in [0.15, 0.2) is 35.0 Å². The molecule has 0 bridgehead atoms. The monoisotopic (exact) mass is 349 g/mol. The number of anilines is 1. The topological polar surface area (TPSA) is 62.8 Å². The van der Waals surface area contributed by atoms with E-state index in [9.17, 15) is 4.79 Å². The number of benzene rings is 1. The van der Waals surface area contributed by atoms with E-state index < -0.39 is 0 Å². The Morgan fingerprint density at radius 1 is 1.25 bits per heavy atom. The molecular weight excluding hydrogens is 326 g/mol. The van der Waals surface area contributed by atoms with Gasteiger partial charge in [0.1, 0.15) is 11.5 Å². The van der Waals surface area contributed by atoms with Crippen LogP contribution in [0.1, 0.15) is 11.6 Å². The van der Waals surface area contributed by atoms with Crippen molar-refractivity contribution in [2.75, 3.05) is 40.2 Å². The smallest absolute Gasteiger partial charge is 0.319 e. The van der Waals surface area contributed by atoms with Crippen molar-refractivity contribution in [3.05, 3.63) is 40.6 Å². The van der Waals surface area contributed by atoms with Gasteiger partial charge in [-0.1, -0.05) is 0 Å². The summed E-state index contributed by atoms with van der Waals surface area (Å²) in [6.07, 6.45) is 0. The molecule has 0 aliphatic heterocycles. The number of nitrogens with one attached hydrogen (secondary N) is 2. The number of methoxy groups -OCH3 is 2. The maximum absolute atomic E-state index is 12.2. The SMILES string of the molecule is COc1ccc(OC)c(NC(=O)NCC(c2ccsc2)N(C)C)c1. The van der Waals surface area contributed by atoms with Crippen molar-refractivity contribution in [1.82, 2.24) is 10.2 Å². The molecule has 0 saturated heterocycles. The van der Waals surface area contributed by atoms with Crippen molar-refractivity contribution in [1.29, 1.82) is 0 Å². The van der Waals surface area contributed by atoms with E-state index in [1.54, 1.807) is 43.8 Å². The van der Waals surface area contributed by atoms with E-state index in [0.717, 1.165) is 0 Å². The minimum absolute atomic E-state index is 0.120.